The average Bonchev–Trinajstić information content (AvgIpc) is 3.40. The molecule has 2 N–H and O–H groups in total. The first-order chi connectivity index (χ1) is 14.1. The standard InChI is InChI=1S/C22H24N4O3/c1-14-4-6-17(28-2)11-20(14)25-19-8-9-26(22(19)27)16-5-7-18(21(10-16)29-3)15-12-23-24-13-15/h4-7,10-13,19,25H,8-9H2,1-3H3,(H,23,24). The second kappa shape index (κ2) is 7.87. The monoisotopic (exact) mass is 392 g/mol. The Bertz CT molecular complexity index is 1020. The summed E-state index contributed by atoms with van der Waals surface area (Å²) in [7, 11) is 3.27. The van der Waals surface area contributed by atoms with Gasteiger partial charge in [-0.1, -0.05) is 6.07 Å². The Labute approximate surface area is 169 Å². The van der Waals surface area contributed by atoms with Gasteiger partial charge in [-0.2, -0.15) is 5.10 Å². The molecule has 1 unspecified atom stereocenters. The van der Waals surface area contributed by atoms with Gasteiger partial charge >= 0.3 is 0 Å². The number of aromatic nitrogens is 2. The molecule has 0 spiro atoms. The first-order valence-electron chi connectivity index (χ1n) is 9.50. The molecule has 7 heteroatoms. The number of hydrogen-bond donors (Lipinski definition) is 2. The van der Waals surface area contributed by atoms with Gasteiger partial charge in [0, 0.05) is 47.4 Å². The van der Waals surface area contributed by atoms with E-state index in [1.54, 1.807) is 25.3 Å². The zero-order valence-electron chi connectivity index (χ0n) is 16.7. The molecule has 0 bridgehead atoms. The second-order valence-electron chi connectivity index (χ2n) is 7.03. The molecule has 2 aromatic carbocycles. The van der Waals surface area contributed by atoms with Gasteiger partial charge in [-0.15, -0.1) is 0 Å². The lowest BCUT2D eigenvalue weighted by Crippen LogP contribution is -2.33. The number of methoxy groups -OCH3 is 2. The SMILES string of the molecule is COc1ccc(C)c(NC2CCN(c3ccc(-c4cn[nH]c4)c(OC)c3)C2=O)c1. The molecule has 1 saturated heterocycles. The van der Waals surface area contributed by atoms with Gasteiger partial charge in [0.15, 0.2) is 0 Å². The molecule has 29 heavy (non-hydrogen) atoms. The maximum atomic E-state index is 13.1. The maximum Gasteiger partial charge on any atom is 0.249 e. The lowest BCUT2D eigenvalue weighted by molar-refractivity contribution is -0.117. The fourth-order valence-electron chi connectivity index (χ4n) is 3.63. The predicted octanol–water partition coefficient (Wildman–Crippen LogP) is 3.62. The summed E-state index contributed by atoms with van der Waals surface area (Å²) in [5.41, 5.74) is 4.68. The van der Waals surface area contributed by atoms with E-state index in [9.17, 15) is 4.79 Å². The van der Waals surface area contributed by atoms with Gasteiger partial charge in [0.25, 0.3) is 0 Å². The van der Waals surface area contributed by atoms with Crippen LogP contribution in [0.3, 0.4) is 0 Å². The number of carbonyl (C=O) groups is 1. The topological polar surface area (TPSA) is 79.5 Å². The first kappa shape index (κ1) is 18.9. The minimum absolute atomic E-state index is 0.0466. The molecule has 1 fully saturated rings. The molecule has 4 rings (SSSR count). The molecule has 1 aliphatic heterocycles. The van der Waals surface area contributed by atoms with Crippen LogP contribution in [0.2, 0.25) is 0 Å². The van der Waals surface area contributed by atoms with Crippen LogP contribution in [-0.4, -0.2) is 42.9 Å². The summed E-state index contributed by atoms with van der Waals surface area (Å²) in [6.45, 7) is 2.66. The summed E-state index contributed by atoms with van der Waals surface area (Å²) in [6, 6.07) is 11.4. The summed E-state index contributed by atoms with van der Waals surface area (Å²) >= 11 is 0. The van der Waals surface area contributed by atoms with Crippen molar-refractivity contribution in [2.75, 3.05) is 31.0 Å². The highest BCUT2D eigenvalue weighted by atomic mass is 16.5. The van der Waals surface area contributed by atoms with Crippen LogP contribution in [0.4, 0.5) is 11.4 Å². The largest absolute Gasteiger partial charge is 0.497 e. The van der Waals surface area contributed by atoms with E-state index >= 15 is 0 Å². The van der Waals surface area contributed by atoms with E-state index in [1.165, 1.54) is 0 Å². The summed E-state index contributed by atoms with van der Waals surface area (Å²) in [5, 5.41) is 10.2. The van der Waals surface area contributed by atoms with Gasteiger partial charge in [0.1, 0.15) is 17.5 Å². The molecular formula is C22H24N4O3. The van der Waals surface area contributed by atoms with Crippen LogP contribution in [-0.2, 0) is 4.79 Å². The third-order valence-electron chi connectivity index (χ3n) is 5.29. The normalized spacial score (nSPS) is 16.2. The highest BCUT2D eigenvalue weighted by Crippen LogP contribution is 2.35. The number of aryl methyl sites for hydroxylation is 1. The number of nitrogens with one attached hydrogen (secondary N) is 2. The Balaban J connectivity index is 1.55. The lowest BCUT2D eigenvalue weighted by atomic mass is 10.1. The van der Waals surface area contributed by atoms with Crippen LogP contribution in [0.15, 0.2) is 48.8 Å². The second-order valence-corrected chi connectivity index (χ2v) is 7.03. The highest BCUT2D eigenvalue weighted by molar-refractivity contribution is 6.01. The maximum absolute atomic E-state index is 13.1. The lowest BCUT2D eigenvalue weighted by Gasteiger charge is -2.20. The fraction of sp³-hybridized carbons (Fsp3) is 0.273. The third-order valence-corrected chi connectivity index (χ3v) is 5.29. The van der Waals surface area contributed by atoms with E-state index in [2.05, 4.69) is 15.5 Å². The summed E-state index contributed by atoms with van der Waals surface area (Å²) in [6.07, 6.45) is 4.28. The molecule has 1 atom stereocenters. The number of carbonyl (C=O) groups excluding carboxylic acids is 1. The summed E-state index contributed by atoms with van der Waals surface area (Å²) in [5.74, 6) is 1.52. The molecule has 0 saturated carbocycles. The van der Waals surface area contributed by atoms with Crippen molar-refractivity contribution in [2.24, 2.45) is 0 Å². The molecule has 1 aliphatic rings. The van der Waals surface area contributed by atoms with Gasteiger partial charge in [-0.05, 0) is 37.1 Å². The van der Waals surface area contributed by atoms with Crippen molar-refractivity contribution >= 4 is 17.3 Å². The number of H-pyrrole nitrogens is 1. The zero-order valence-corrected chi connectivity index (χ0v) is 16.7. The smallest absolute Gasteiger partial charge is 0.249 e. The highest BCUT2D eigenvalue weighted by Gasteiger charge is 2.33. The van der Waals surface area contributed by atoms with E-state index in [0.717, 1.165) is 40.2 Å². The average molecular weight is 392 g/mol. The van der Waals surface area contributed by atoms with Gasteiger partial charge in [0.05, 0.1) is 20.4 Å². The molecule has 1 amide bonds. The third kappa shape index (κ3) is 3.63. The van der Waals surface area contributed by atoms with E-state index < -0.39 is 0 Å². The Kier molecular flexibility index (Phi) is 5.12. The minimum Gasteiger partial charge on any atom is -0.497 e. The molecule has 2 heterocycles. The molecule has 0 aliphatic carbocycles. The summed E-state index contributed by atoms with van der Waals surface area (Å²) < 4.78 is 10.9. The van der Waals surface area contributed by atoms with Crippen LogP contribution in [0.25, 0.3) is 11.1 Å². The molecule has 3 aromatic rings. The van der Waals surface area contributed by atoms with Crippen LogP contribution >= 0.6 is 0 Å². The van der Waals surface area contributed by atoms with Gasteiger partial charge in [0.2, 0.25) is 5.91 Å². The quantitative estimate of drug-likeness (QED) is 0.670. The Morgan fingerprint density at radius 3 is 2.76 bits per heavy atom. The predicted molar refractivity (Wildman–Crippen MR) is 113 cm³/mol. The Morgan fingerprint density at radius 2 is 2.03 bits per heavy atom. The van der Waals surface area contributed by atoms with Gasteiger partial charge in [-0.3, -0.25) is 9.89 Å². The number of hydrogen-bond acceptors (Lipinski definition) is 5. The molecule has 7 nitrogen and oxygen atoms in total. The van der Waals surface area contributed by atoms with Crippen molar-refractivity contribution in [3.05, 3.63) is 54.4 Å². The van der Waals surface area contributed by atoms with Crippen LogP contribution in [0, 0.1) is 6.92 Å². The first-order valence-corrected chi connectivity index (χ1v) is 9.50. The number of aromatic amines is 1. The number of ether oxygens (including phenoxy) is 2. The summed E-state index contributed by atoms with van der Waals surface area (Å²) in [4.78, 5) is 14.9. The van der Waals surface area contributed by atoms with Crippen LogP contribution in [0.5, 0.6) is 11.5 Å². The van der Waals surface area contributed by atoms with Gasteiger partial charge in [-0.25, -0.2) is 0 Å². The van der Waals surface area contributed by atoms with Crippen molar-refractivity contribution in [3.63, 3.8) is 0 Å². The van der Waals surface area contributed by atoms with Gasteiger partial charge < -0.3 is 19.7 Å². The number of rotatable bonds is 6. The minimum atomic E-state index is -0.277. The number of nitrogens with zero attached hydrogens (tertiary/aromatic N) is 2. The fourth-order valence-corrected chi connectivity index (χ4v) is 3.63. The zero-order chi connectivity index (χ0) is 20.4. The van der Waals surface area contributed by atoms with Crippen LogP contribution < -0.4 is 19.7 Å². The van der Waals surface area contributed by atoms with E-state index in [1.807, 2.05) is 49.5 Å². The molecule has 1 aromatic heterocycles. The Morgan fingerprint density at radius 1 is 1.17 bits per heavy atom. The van der Waals surface area contributed by atoms with Crippen molar-refractivity contribution in [1.29, 1.82) is 0 Å². The van der Waals surface area contributed by atoms with E-state index in [0.29, 0.717) is 12.3 Å². The van der Waals surface area contributed by atoms with Crippen LogP contribution in [0.1, 0.15) is 12.0 Å². The van der Waals surface area contributed by atoms with Crippen molar-refractivity contribution < 1.29 is 14.3 Å². The van der Waals surface area contributed by atoms with E-state index in [-0.39, 0.29) is 11.9 Å². The molecular weight excluding hydrogens is 368 g/mol. The number of amides is 1. The van der Waals surface area contributed by atoms with Crippen molar-refractivity contribution in [1.82, 2.24) is 10.2 Å². The molecule has 0 radical (unpaired) electrons. The van der Waals surface area contributed by atoms with Crippen molar-refractivity contribution in [3.8, 4) is 22.6 Å². The number of benzene rings is 2. The number of anilines is 2. The Hall–Kier alpha value is -3.48. The van der Waals surface area contributed by atoms with Crippen molar-refractivity contribution in [2.45, 2.75) is 19.4 Å². The molecule has 150 valence electrons. The van der Waals surface area contributed by atoms with E-state index in [4.69, 9.17) is 9.47 Å².